The average molecular weight is 322 g/mol. The van der Waals surface area contributed by atoms with Crippen LogP contribution in [0.2, 0.25) is 0 Å². The molecule has 0 bridgehead atoms. The molecule has 3 nitrogen and oxygen atoms in total. The lowest BCUT2D eigenvalue weighted by atomic mass is 10.1. The van der Waals surface area contributed by atoms with Crippen LogP contribution < -0.4 is 5.32 Å². The van der Waals surface area contributed by atoms with Crippen LogP contribution in [0.3, 0.4) is 0 Å². The quantitative estimate of drug-likeness (QED) is 0.924. The van der Waals surface area contributed by atoms with Gasteiger partial charge in [-0.2, -0.15) is 5.10 Å². The van der Waals surface area contributed by atoms with Gasteiger partial charge in [0.2, 0.25) is 0 Å². The van der Waals surface area contributed by atoms with E-state index in [9.17, 15) is 0 Å². The topological polar surface area (TPSA) is 29.9 Å². The molecule has 1 aromatic heterocycles. The summed E-state index contributed by atoms with van der Waals surface area (Å²) in [5, 5.41) is 8.05. The second-order valence-corrected chi connectivity index (χ2v) is 5.74. The molecule has 2 aromatic rings. The van der Waals surface area contributed by atoms with E-state index in [1.807, 2.05) is 11.6 Å². The summed E-state index contributed by atoms with van der Waals surface area (Å²) in [5.74, 6) is 0. The van der Waals surface area contributed by atoms with Crippen molar-refractivity contribution in [3.8, 4) is 5.69 Å². The minimum atomic E-state index is 0.293. The van der Waals surface area contributed by atoms with Crippen molar-refractivity contribution in [1.82, 2.24) is 15.1 Å². The Morgan fingerprint density at radius 1 is 1.32 bits per heavy atom. The number of nitrogens with zero attached hydrogens (tertiary/aromatic N) is 2. The highest BCUT2D eigenvalue weighted by Crippen LogP contribution is 2.26. The molecule has 0 saturated carbocycles. The van der Waals surface area contributed by atoms with Crippen LogP contribution in [0, 0.1) is 13.8 Å². The lowest BCUT2D eigenvalue weighted by molar-refractivity contribution is 0.592. The fourth-order valence-corrected chi connectivity index (χ4v) is 2.73. The van der Waals surface area contributed by atoms with Gasteiger partial charge in [0.25, 0.3) is 0 Å². The first-order valence-electron chi connectivity index (χ1n) is 6.59. The molecule has 0 radical (unpaired) electrons. The Kier molecular flexibility index (Phi) is 4.42. The van der Waals surface area contributed by atoms with Gasteiger partial charge in [0, 0.05) is 16.2 Å². The largest absolute Gasteiger partial charge is 0.310 e. The molecule has 102 valence electrons. The van der Waals surface area contributed by atoms with E-state index >= 15 is 0 Å². The molecule has 1 N–H and O–H groups in total. The van der Waals surface area contributed by atoms with Crippen LogP contribution in [0.25, 0.3) is 5.69 Å². The maximum Gasteiger partial charge on any atom is 0.0697 e. The first-order chi connectivity index (χ1) is 9.02. The Morgan fingerprint density at radius 3 is 2.63 bits per heavy atom. The van der Waals surface area contributed by atoms with Gasteiger partial charge < -0.3 is 5.32 Å². The highest BCUT2D eigenvalue weighted by atomic mass is 79.9. The molecule has 4 heteroatoms. The monoisotopic (exact) mass is 321 g/mol. The molecular formula is C15H20BrN3. The van der Waals surface area contributed by atoms with E-state index in [2.05, 4.69) is 71.4 Å². The van der Waals surface area contributed by atoms with Gasteiger partial charge in [-0.1, -0.05) is 22.9 Å². The van der Waals surface area contributed by atoms with Crippen LogP contribution in [0.5, 0.6) is 0 Å². The van der Waals surface area contributed by atoms with Crippen molar-refractivity contribution in [2.24, 2.45) is 0 Å². The van der Waals surface area contributed by atoms with Gasteiger partial charge in [-0.15, -0.1) is 0 Å². The van der Waals surface area contributed by atoms with Crippen LogP contribution in [0.1, 0.15) is 36.8 Å². The minimum Gasteiger partial charge on any atom is -0.310 e. The molecule has 0 aliphatic rings. The van der Waals surface area contributed by atoms with Gasteiger partial charge >= 0.3 is 0 Å². The zero-order chi connectivity index (χ0) is 14.0. The summed E-state index contributed by atoms with van der Waals surface area (Å²) < 4.78 is 3.11. The van der Waals surface area contributed by atoms with Crippen molar-refractivity contribution >= 4 is 15.9 Å². The second-order valence-electron chi connectivity index (χ2n) is 4.82. The molecule has 2 rings (SSSR count). The Morgan fingerprint density at radius 2 is 2.05 bits per heavy atom. The second kappa shape index (κ2) is 5.88. The molecule has 19 heavy (non-hydrogen) atoms. The van der Waals surface area contributed by atoms with Crippen LogP contribution in [0.4, 0.5) is 0 Å². The van der Waals surface area contributed by atoms with E-state index in [-0.39, 0.29) is 0 Å². The number of rotatable bonds is 4. The summed E-state index contributed by atoms with van der Waals surface area (Å²) in [6.45, 7) is 9.36. The molecule has 0 spiro atoms. The normalized spacial score (nSPS) is 12.7. The zero-order valence-electron chi connectivity index (χ0n) is 11.9. The third-order valence-corrected chi connectivity index (χ3v) is 3.70. The maximum atomic E-state index is 4.59. The van der Waals surface area contributed by atoms with Crippen molar-refractivity contribution in [2.75, 3.05) is 6.54 Å². The lowest BCUT2D eigenvalue weighted by Gasteiger charge is -2.18. The van der Waals surface area contributed by atoms with E-state index in [1.54, 1.807) is 0 Å². The molecule has 0 saturated heterocycles. The van der Waals surface area contributed by atoms with E-state index < -0.39 is 0 Å². The molecule has 0 aliphatic heterocycles. The molecule has 0 aliphatic carbocycles. The Bertz CT molecular complexity index is 575. The summed E-state index contributed by atoms with van der Waals surface area (Å²) in [6, 6.07) is 8.74. The molecule has 1 atom stereocenters. The standard InChI is InChI=1S/C15H20BrN3/c1-5-17-12(4)14-9-13(16)6-7-15(14)19-11(3)8-10(2)18-19/h6-9,12,17H,5H2,1-4H3. The van der Waals surface area contributed by atoms with E-state index in [4.69, 9.17) is 0 Å². The van der Waals surface area contributed by atoms with Gasteiger partial charge in [0.05, 0.1) is 11.4 Å². The number of halogens is 1. The van der Waals surface area contributed by atoms with E-state index in [1.165, 1.54) is 5.56 Å². The summed E-state index contributed by atoms with van der Waals surface area (Å²) in [5.41, 5.74) is 4.59. The summed E-state index contributed by atoms with van der Waals surface area (Å²) >= 11 is 3.55. The lowest BCUT2D eigenvalue weighted by Crippen LogP contribution is -2.20. The maximum absolute atomic E-state index is 4.59. The molecular weight excluding hydrogens is 302 g/mol. The number of aryl methyl sites for hydroxylation is 2. The number of nitrogens with one attached hydrogen (secondary N) is 1. The van der Waals surface area contributed by atoms with Crippen LogP contribution in [-0.4, -0.2) is 16.3 Å². The van der Waals surface area contributed by atoms with Gasteiger partial charge in [-0.05, 0) is 57.1 Å². The molecule has 0 amide bonds. The highest BCUT2D eigenvalue weighted by molar-refractivity contribution is 9.10. The highest BCUT2D eigenvalue weighted by Gasteiger charge is 2.14. The smallest absolute Gasteiger partial charge is 0.0697 e. The number of hydrogen-bond acceptors (Lipinski definition) is 2. The van der Waals surface area contributed by atoms with E-state index in [0.29, 0.717) is 6.04 Å². The Balaban J connectivity index is 2.53. The van der Waals surface area contributed by atoms with Crippen LogP contribution >= 0.6 is 15.9 Å². The predicted molar refractivity (Wildman–Crippen MR) is 82.8 cm³/mol. The Hall–Kier alpha value is -1.13. The van der Waals surface area contributed by atoms with Crippen molar-refractivity contribution in [1.29, 1.82) is 0 Å². The SMILES string of the molecule is CCNC(C)c1cc(Br)ccc1-n1nc(C)cc1C. The van der Waals surface area contributed by atoms with Crippen LogP contribution in [-0.2, 0) is 0 Å². The van der Waals surface area contributed by atoms with Gasteiger partial charge in [-0.3, -0.25) is 0 Å². The van der Waals surface area contributed by atoms with Gasteiger partial charge in [0.1, 0.15) is 0 Å². The number of benzene rings is 1. The number of aromatic nitrogens is 2. The molecule has 0 fully saturated rings. The first kappa shape index (κ1) is 14.3. The van der Waals surface area contributed by atoms with E-state index in [0.717, 1.165) is 28.1 Å². The Labute approximate surface area is 123 Å². The fourth-order valence-electron chi connectivity index (χ4n) is 2.35. The molecule has 1 heterocycles. The van der Waals surface area contributed by atoms with Gasteiger partial charge in [0.15, 0.2) is 0 Å². The molecule has 1 unspecified atom stereocenters. The zero-order valence-corrected chi connectivity index (χ0v) is 13.5. The van der Waals surface area contributed by atoms with Crippen molar-refractivity contribution < 1.29 is 0 Å². The van der Waals surface area contributed by atoms with Crippen LogP contribution in [0.15, 0.2) is 28.7 Å². The first-order valence-corrected chi connectivity index (χ1v) is 7.38. The third-order valence-electron chi connectivity index (χ3n) is 3.20. The average Bonchev–Trinajstić information content (AvgIpc) is 2.68. The summed E-state index contributed by atoms with van der Waals surface area (Å²) in [7, 11) is 0. The van der Waals surface area contributed by atoms with Crippen molar-refractivity contribution in [2.45, 2.75) is 33.7 Å². The fraction of sp³-hybridized carbons (Fsp3) is 0.400. The minimum absolute atomic E-state index is 0.293. The molecule has 1 aromatic carbocycles. The third kappa shape index (κ3) is 3.07. The summed E-state index contributed by atoms with van der Waals surface area (Å²) in [6.07, 6.45) is 0. The summed E-state index contributed by atoms with van der Waals surface area (Å²) in [4.78, 5) is 0. The van der Waals surface area contributed by atoms with Crippen molar-refractivity contribution in [3.63, 3.8) is 0 Å². The van der Waals surface area contributed by atoms with Crippen molar-refractivity contribution in [3.05, 3.63) is 45.7 Å². The predicted octanol–water partition coefficient (Wildman–Crippen LogP) is 3.92. The number of hydrogen-bond donors (Lipinski definition) is 1. The van der Waals surface area contributed by atoms with Gasteiger partial charge in [-0.25, -0.2) is 4.68 Å².